The zero-order valence-electron chi connectivity index (χ0n) is 8.35. The molecule has 0 aliphatic rings. The summed E-state index contributed by atoms with van der Waals surface area (Å²) in [4.78, 5) is 11.1. The SMILES string of the molecule is CCCCOC(C)(C)C(=O)OC. The number of methoxy groups -OCH3 is 1. The van der Waals surface area contributed by atoms with E-state index in [4.69, 9.17) is 4.74 Å². The van der Waals surface area contributed by atoms with Crippen molar-refractivity contribution < 1.29 is 14.3 Å². The Labute approximate surface area is 74.0 Å². The number of carbonyl (C=O) groups excluding carboxylic acids is 1. The lowest BCUT2D eigenvalue weighted by Gasteiger charge is -2.21. The minimum atomic E-state index is -0.802. The Morgan fingerprint density at radius 2 is 2.00 bits per heavy atom. The van der Waals surface area contributed by atoms with Gasteiger partial charge in [0.15, 0.2) is 5.60 Å². The van der Waals surface area contributed by atoms with E-state index in [1.54, 1.807) is 13.8 Å². The molecule has 0 rings (SSSR count). The van der Waals surface area contributed by atoms with Crippen LogP contribution in [0, 0.1) is 0 Å². The lowest BCUT2D eigenvalue weighted by Crippen LogP contribution is -2.36. The van der Waals surface area contributed by atoms with Crippen molar-refractivity contribution in [3.8, 4) is 0 Å². The van der Waals surface area contributed by atoms with E-state index in [9.17, 15) is 4.79 Å². The van der Waals surface area contributed by atoms with Gasteiger partial charge in [0.1, 0.15) is 0 Å². The van der Waals surface area contributed by atoms with Crippen LogP contribution in [0.1, 0.15) is 33.6 Å². The molecule has 0 aromatic rings. The molecule has 3 nitrogen and oxygen atoms in total. The Kier molecular flexibility index (Phi) is 4.90. The van der Waals surface area contributed by atoms with Crippen LogP contribution in [-0.2, 0) is 14.3 Å². The third kappa shape index (κ3) is 3.72. The summed E-state index contributed by atoms with van der Waals surface area (Å²) in [5, 5.41) is 0. The van der Waals surface area contributed by atoms with Gasteiger partial charge >= 0.3 is 5.97 Å². The van der Waals surface area contributed by atoms with Crippen LogP contribution in [0.2, 0.25) is 0 Å². The minimum Gasteiger partial charge on any atom is -0.467 e. The molecule has 0 atom stereocenters. The summed E-state index contributed by atoms with van der Waals surface area (Å²) in [7, 11) is 1.37. The molecule has 0 saturated carbocycles. The first kappa shape index (κ1) is 11.4. The summed E-state index contributed by atoms with van der Waals surface area (Å²) in [5.74, 6) is -0.321. The van der Waals surface area contributed by atoms with Gasteiger partial charge in [-0.1, -0.05) is 13.3 Å². The zero-order chi connectivity index (χ0) is 9.61. The summed E-state index contributed by atoms with van der Waals surface area (Å²) in [6.07, 6.45) is 2.04. The topological polar surface area (TPSA) is 35.5 Å². The molecule has 0 amide bonds. The molecule has 0 N–H and O–H groups in total. The quantitative estimate of drug-likeness (QED) is 0.470. The van der Waals surface area contributed by atoms with Gasteiger partial charge in [0.25, 0.3) is 0 Å². The second-order valence-corrected chi connectivity index (χ2v) is 3.20. The van der Waals surface area contributed by atoms with Crippen molar-refractivity contribution in [3.05, 3.63) is 0 Å². The van der Waals surface area contributed by atoms with Crippen molar-refractivity contribution in [2.45, 2.75) is 39.2 Å². The smallest absolute Gasteiger partial charge is 0.337 e. The molecule has 0 radical (unpaired) electrons. The Morgan fingerprint density at radius 1 is 1.42 bits per heavy atom. The second kappa shape index (κ2) is 5.14. The highest BCUT2D eigenvalue weighted by Gasteiger charge is 2.28. The molecule has 0 bridgehead atoms. The van der Waals surface area contributed by atoms with E-state index in [-0.39, 0.29) is 5.97 Å². The second-order valence-electron chi connectivity index (χ2n) is 3.20. The molecule has 0 aromatic heterocycles. The van der Waals surface area contributed by atoms with Crippen LogP contribution >= 0.6 is 0 Å². The van der Waals surface area contributed by atoms with Crippen LogP contribution in [0.3, 0.4) is 0 Å². The zero-order valence-corrected chi connectivity index (χ0v) is 8.35. The Morgan fingerprint density at radius 3 is 2.42 bits per heavy atom. The fourth-order valence-electron chi connectivity index (χ4n) is 0.776. The fourth-order valence-corrected chi connectivity index (χ4v) is 0.776. The number of carbonyl (C=O) groups is 1. The van der Waals surface area contributed by atoms with Crippen molar-refractivity contribution in [2.75, 3.05) is 13.7 Å². The van der Waals surface area contributed by atoms with Crippen LogP contribution in [-0.4, -0.2) is 25.3 Å². The van der Waals surface area contributed by atoms with Gasteiger partial charge in [-0.05, 0) is 20.3 Å². The molecule has 3 heteroatoms. The number of esters is 1. The number of unbranched alkanes of at least 4 members (excludes halogenated alkanes) is 1. The van der Waals surface area contributed by atoms with E-state index >= 15 is 0 Å². The summed E-state index contributed by atoms with van der Waals surface area (Å²) in [5.41, 5.74) is -0.802. The van der Waals surface area contributed by atoms with Crippen LogP contribution in [0.4, 0.5) is 0 Å². The van der Waals surface area contributed by atoms with E-state index in [1.807, 2.05) is 0 Å². The lowest BCUT2D eigenvalue weighted by atomic mass is 10.1. The highest BCUT2D eigenvalue weighted by Crippen LogP contribution is 2.11. The molecule has 0 fully saturated rings. The molecule has 12 heavy (non-hydrogen) atoms. The summed E-state index contributed by atoms with van der Waals surface area (Å²) in [6, 6.07) is 0. The van der Waals surface area contributed by atoms with Gasteiger partial charge in [0, 0.05) is 6.61 Å². The Hall–Kier alpha value is -0.570. The predicted molar refractivity (Wildman–Crippen MR) is 47.0 cm³/mol. The van der Waals surface area contributed by atoms with E-state index in [2.05, 4.69) is 11.7 Å². The Bertz CT molecular complexity index is 141. The molecular formula is C9H18O3. The highest BCUT2D eigenvalue weighted by atomic mass is 16.6. The first-order valence-corrected chi connectivity index (χ1v) is 4.27. The van der Waals surface area contributed by atoms with Gasteiger partial charge in [-0.25, -0.2) is 4.79 Å². The molecule has 0 aliphatic carbocycles. The molecule has 72 valence electrons. The fraction of sp³-hybridized carbons (Fsp3) is 0.889. The van der Waals surface area contributed by atoms with Crippen molar-refractivity contribution >= 4 is 5.97 Å². The third-order valence-electron chi connectivity index (χ3n) is 1.64. The molecule has 0 unspecified atom stereocenters. The predicted octanol–water partition coefficient (Wildman–Crippen LogP) is 1.75. The van der Waals surface area contributed by atoms with Gasteiger partial charge in [-0.3, -0.25) is 0 Å². The standard InChI is InChI=1S/C9H18O3/c1-5-6-7-12-9(2,3)8(10)11-4/h5-7H2,1-4H3. The molecule has 0 spiro atoms. The largest absolute Gasteiger partial charge is 0.467 e. The maximum atomic E-state index is 11.1. The van der Waals surface area contributed by atoms with Crippen molar-refractivity contribution in [2.24, 2.45) is 0 Å². The maximum absolute atomic E-state index is 11.1. The monoisotopic (exact) mass is 174 g/mol. The summed E-state index contributed by atoms with van der Waals surface area (Å²) < 4.78 is 9.93. The van der Waals surface area contributed by atoms with Crippen LogP contribution in [0.5, 0.6) is 0 Å². The van der Waals surface area contributed by atoms with Gasteiger partial charge < -0.3 is 9.47 Å². The molecule has 0 saturated heterocycles. The summed E-state index contributed by atoms with van der Waals surface area (Å²) in [6.45, 7) is 6.12. The molecule has 0 heterocycles. The maximum Gasteiger partial charge on any atom is 0.337 e. The van der Waals surface area contributed by atoms with Gasteiger partial charge in [0.05, 0.1) is 7.11 Å². The van der Waals surface area contributed by atoms with Crippen molar-refractivity contribution in [1.82, 2.24) is 0 Å². The van der Waals surface area contributed by atoms with Gasteiger partial charge in [-0.15, -0.1) is 0 Å². The normalized spacial score (nSPS) is 11.3. The van der Waals surface area contributed by atoms with Gasteiger partial charge in [0.2, 0.25) is 0 Å². The lowest BCUT2D eigenvalue weighted by molar-refractivity contribution is -0.165. The number of rotatable bonds is 5. The minimum absolute atomic E-state index is 0.321. The van der Waals surface area contributed by atoms with E-state index < -0.39 is 5.60 Å². The van der Waals surface area contributed by atoms with E-state index in [0.717, 1.165) is 12.8 Å². The first-order valence-electron chi connectivity index (χ1n) is 4.27. The number of hydrogen-bond donors (Lipinski definition) is 0. The van der Waals surface area contributed by atoms with Crippen LogP contribution in [0.25, 0.3) is 0 Å². The Balaban J connectivity index is 3.78. The van der Waals surface area contributed by atoms with Crippen LogP contribution < -0.4 is 0 Å². The summed E-state index contributed by atoms with van der Waals surface area (Å²) >= 11 is 0. The average molecular weight is 174 g/mol. The van der Waals surface area contributed by atoms with E-state index in [0.29, 0.717) is 6.61 Å². The molecule has 0 aliphatic heterocycles. The van der Waals surface area contributed by atoms with Gasteiger partial charge in [-0.2, -0.15) is 0 Å². The molecule has 0 aromatic carbocycles. The number of ether oxygens (including phenoxy) is 2. The van der Waals surface area contributed by atoms with Crippen LogP contribution in [0.15, 0.2) is 0 Å². The third-order valence-corrected chi connectivity index (χ3v) is 1.64. The highest BCUT2D eigenvalue weighted by molar-refractivity contribution is 5.78. The van der Waals surface area contributed by atoms with E-state index in [1.165, 1.54) is 7.11 Å². The van der Waals surface area contributed by atoms with Crippen molar-refractivity contribution in [3.63, 3.8) is 0 Å². The number of hydrogen-bond acceptors (Lipinski definition) is 3. The molecular weight excluding hydrogens is 156 g/mol. The first-order chi connectivity index (χ1) is 5.54. The van der Waals surface area contributed by atoms with Crippen molar-refractivity contribution in [1.29, 1.82) is 0 Å². The average Bonchev–Trinajstić information content (AvgIpc) is 2.03.